The molecule has 7 nitrogen and oxygen atoms in total. The number of likely N-dealkylation sites (N-methyl/N-ethyl adjacent to an activating group) is 1. The molecule has 2 amide bonds. The van der Waals surface area contributed by atoms with Gasteiger partial charge in [0, 0.05) is 32.7 Å². The molecule has 0 radical (unpaired) electrons. The Kier molecular flexibility index (Phi) is 7.85. The van der Waals surface area contributed by atoms with Crippen molar-refractivity contribution in [2.75, 3.05) is 52.4 Å². The summed E-state index contributed by atoms with van der Waals surface area (Å²) in [5, 5.41) is 4.98. The zero-order valence-electron chi connectivity index (χ0n) is 17.2. The summed E-state index contributed by atoms with van der Waals surface area (Å²) in [7, 11) is 0. The van der Waals surface area contributed by atoms with Crippen molar-refractivity contribution >= 4 is 23.2 Å². The van der Waals surface area contributed by atoms with Crippen molar-refractivity contribution < 1.29 is 14.0 Å². The van der Waals surface area contributed by atoms with Crippen LogP contribution >= 0.6 is 11.3 Å². The Morgan fingerprint density at radius 1 is 1.17 bits per heavy atom. The standard InChI is InChI=1S/C21H30N4O3S/c1-3-24(4-2)17(18-7-5-13-28-18)15-22-20(26)16-23-9-11-25(12-10-23)21(27)19-8-6-14-29-19/h5-8,13-14,17H,3-4,9-12,15-16H2,1-2H3,(H,22,26). The van der Waals surface area contributed by atoms with E-state index in [4.69, 9.17) is 4.42 Å². The highest BCUT2D eigenvalue weighted by Gasteiger charge is 2.25. The fraction of sp³-hybridized carbons (Fsp3) is 0.524. The quantitative estimate of drug-likeness (QED) is 0.677. The summed E-state index contributed by atoms with van der Waals surface area (Å²) in [6.45, 7) is 9.59. The molecule has 0 saturated carbocycles. The second kappa shape index (κ2) is 10.6. The first-order valence-electron chi connectivity index (χ1n) is 10.2. The largest absolute Gasteiger partial charge is 0.468 e. The van der Waals surface area contributed by atoms with E-state index in [1.54, 1.807) is 6.26 Å². The highest BCUT2D eigenvalue weighted by molar-refractivity contribution is 7.12. The van der Waals surface area contributed by atoms with E-state index >= 15 is 0 Å². The van der Waals surface area contributed by atoms with Gasteiger partial charge in [0.2, 0.25) is 5.91 Å². The van der Waals surface area contributed by atoms with Crippen molar-refractivity contribution in [3.05, 3.63) is 46.5 Å². The van der Waals surface area contributed by atoms with Crippen LogP contribution in [-0.4, -0.2) is 78.9 Å². The van der Waals surface area contributed by atoms with E-state index in [2.05, 4.69) is 29.0 Å². The number of piperazine rings is 1. The first-order valence-corrected chi connectivity index (χ1v) is 11.1. The maximum Gasteiger partial charge on any atom is 0.264 e. The number of amides is 2. The summed E-state index contributed by atoms with van der Waals surface area (Å²) in [4.78, 5) is 32.0. The van der Waals surface area contributed by atoms with Gasteiger partial charge in [-0.15, -0.1) is 11.3 Å². The predicted molar refractivity (Wildman–Crippen MR) is 114 cm³/mol. The molecular formula is C21H30N4O3S. The first-order chi connectivity index (χ1) is 14.1. The molecule has 2 aromatic rings. The van der Waals surface area contributed by atoms with Crippen molar-refractivity contribution in [2.45, 2.75) is 19.9 Å². The minimum atomic E-state index is 0.00625. The number of thiophene rings is 1. The second-order valence-corrected chi connectivity index (χ2v) is 8.05. The number of hydrogen-bond acceptors (Lipinski definition) is 6. The maximum absolute atomic E-state index is 12.5. The second-order valence-electron chi connectivity index (χ2n) is 7.10. The van der Waals surface area contributed by atoms with Crippen LogP contribution in [0.15, 0.2) is 40.3 Å². The van der Waals surface area contributed by atoms with E-state index in [-0.39, 0.29) is 17.9 Å². The van der Waals surface area contributed by atoms with Gasteiger partial charge in [0.15, 0.2) is 0 Å². The Bertz CT molecular complexity index is 751. The molecule has 8 heteroatoms. The van der Waals surface area contributed by atoms with Gasteiger partial charge in [-0.1, -0.05) is 19.9 Å². The van der Waals surface area contributed by atoms with Crippen LogP contribution < -0.4 is 5.32 Å². The molecule has 3 rings (SSSR count). The number of carbonyl (C=O) groups excluding carboxylic acids is 2. The van der Waals surface area contributed by atoms with Gasteiger partial charge < -0.3 is 14.6 Å². The van der Waals surface area contributed by atoms with Crippen molar-refractivity contribution in [3.8, 4) is 0 Å². The molecule has 1 atom stereocenters. The highest BCUT2D eigenvalue weighted by Crippen LogP contribution is 2.20. The van der Waals surface area contributed by atoms with E-state index in [0.717, 1.165) is 23.7 Å². The number of rotatable bonds is 9. The van der Waals surface area contributed by atoms with Crippen molar-refractivity contribution in [2.24, 2.45) is 0 Å². The van der Waals surface area contributed by atoms with Crippen LogP contribution in [0.25, 0.3) is 0 Å². The summed E-state index contributed by atoms with van der Waals surface area (Å²) in [6, 6.07) is 7.62. The van der Waals surface area contributed by atoms with Gasteiger partial charge in [0.25, 0.3) is 5.91 Å². The zero-order chi connectivity index (χ0) is 20.6. The number of nitrogens with one attached hydrogen (secondary N) is 1. The lowest BCUT2D eigenvalue weighted by molar-refractivity contribution is -0.122. The van der Waals surface area contributed by atoms with E-state index in [1.165, 1.54) is 11.3 Å². The highest BCUT2D eigenvalue weighted by atomic mass is 32.1. The lowest BCUT2D eigenvalue weighted by Gasteiger charge is -2.34. The molecule has 1 N–H and O–H groups in total. The molecule has 2 aromatic heterocycles. The lowest BCUT2D eigenvalue weighted by atomic mass is 10.2. The Morgan fingerprint density at radius 2 is 1.93 bits per heavy atom. The number of hydrogen-bond donors (Lipinski definition) is 1. The van der Waals surface area contributed by atoms with Crippen molar-refractivity contribution in [1.82, 2.24) is 20.0 Å². The lowest BCUT2D eigenvalue weighted by Crippen LogP contribution is -2.51. The molecule has 158 valence electrons. The molecular weight excluding hydrogens is 388 g/mol. The average Bonchev–Trinajstić information content (AvgIpc) is 3.45. The third-order valence-corrected chi connectivity index (χ3v) is 6.23. The zero-order valence-corrected chi connectivity index (χ0v) is 18.0. The molecule has 1 fully saturated rings. The van der Waals surface area contributed by atoms with Crippen LogP contribution in [0.3, 0.4) is 0 Å². The normalized spacial score (nSPS) is 16.2. The van der Waals surface area contributed by atoms with Gasteiger partial charge in [-0.25, -0.2) is 0 Å². The van der Waals surface area contributed by atoms with Crippen LogP contribution in [-0.2, 0) is 4.79 Å². The molecule has 29 heavy (non-hydrogen) atoms. The Hall–Kier alpha value is -2.16. The van der Waals surface area contributed by atoms with Gasteiger partial charge in [-0.05, 0) is 36.7 Å². The first kappa shape index (κ1) is 21.5. The topological polar surface area (TPSA) is 69.0 Å². The van der Waals surface area contributed by atoms with Gasteiger partial charge in [-0.2, -0.15) is 0 Å². The Balaban J connectivity index is 1.45. The molecule has 3 heterocycles. The summed E-state index contributed by atoms with van der Waals surface area (Å²) in [6.07, 6.45) is 1.67. The molecule has 1 aliphatic rings. The number of carbonyl (C=O) groups is 2. The molecule has 0 bridgehead atoms. The molecule has 0 spiro atoms. The molecule has 0 aliphatic carbocycles. The molecule has 1 unspecified atom stereocenters. The average molecular weight is 419 g/mol. The fourth-order valence-electron chi connectivity index (χ4n) is 3.69. The van der Waals surface area contributed by atoms with E-state index < -0.39 is 0 Å². The van der Waals surface area contributed by atoms with Crippen LogP contribution in [0, 0.1) is 0 Å². The SMILES string of the molecule is CCN(CC)C(CNC(=O)CN1CCN(C(=O)c2cccs2)CC1)c1ccco1. The third-order valence-electron chi connectivity index (χ3n) is 5.38. The maximum atomic E-state index is 12.5. The predicted octanol–water partition coefficient (Wildman–Crippen LogP) is 2.30. The Labute approximate surface area is 176 Å². The van der Waals surface area contributed by atoms with Crippen molar-refractivity contribution in [1.29, 1.82) is 0 Å². The van der Waals surface area contributed by atoms with E-state index in [1.807, 2.05) is 34.5 Å². The molecule has 1 aliphatic heterocycles. The van der Waals surface area contributed by atoms with Crippen LogP contribution in [0.2, 0.25) is 0 Å². The summed E-state index contributed by atoms with van der Waals surface area (Å²) < 4.78 is 5.59. The summed E-state index contributed by atoms with van der Waals surface area (Å²) >= 11 is 1.47. The monoisotopic (exact) mass is 418 g/mol. The van der Waals surface area contributed by atoms with Crippen LogP contribution in [0.4, 0.5) is 0 Å². The minimum Gasteiger partial charge on any atom is -0.468 e. The van der Waals surface area contributed by atoms with Gasteiger partial charge >= 0.3 is 0 Å². The van der Waals surface area contributed by atoms with Gasteiger partial charge in [0.1, 0.15) is 5.76 Å². The summed E-state index contributed by atoms with van der Waals surface area (Å²) in [5.74, 6) is 0.964. The molecule has 1 saturated heterocycles. The van der Waals surface area contributed by atoms with E-state index in [9.17, 15) is 9.59 Å². The van der Waals surface area contributed by atoms with Crippen LogP contribution in [0.1, 0.15) is 35.3 Å². The van der Waals surface area contributed by atoms with Crippen molar-refractivity contribution in [3.63, 3.8) is 0 Å². The van der Waals surface area contributed by atoms with E-state index in [0.29, 0.717) is 39.3 Å². The Morgan fingerprint density at radius 3 is 2.52 bits per heavy atom. The summed E-state index contributed by atoms with van der Waals surface area (Å²) in [5.41, 5.74) is 0. The van der Waals surface area contributed by atoms with Gasteiger partial charge in [-0.3, -0.25) is 19.4 Å². The minimum absolute atomic E-state index is 0.00625. The smallest absolute Gasteiger partial charge is 0.264 e. The number of nitrogens with zero attached hydrogens (tertiary/aromatic N) is 3. The third kappa shape index (κ3) is 5.68. The molecule has 0 aromatic carbocycles. The van der Waals surface area contributed by atoms with Crippen LogP contribution in [0.5, 0.6) is 0 Å². The van der Waals surface area contributed by atoms with Gasteiger partial charge in [0.05, 0.1) is 23.7 Å². The number of furan rings is 1. The fourth-order valence-corrected chi connectivity index (χ4v) is 4.38.